The van der Waals surface area contributed by atoms with E-state index in [0.717, 1.165) is 6.07 Å². The number of pyridine rings is 1. The van der Waals surface area contributed by atoms with E-state index in [9.17, 15) is 23.3 Å². The molecule has 0 N–H and O–H groups in total. The van der Waals surface area contributed by atoms with E-state index < -0.39 is 14.9 Å². The van der Waals surface area contributed by atoms with E-state index in [0.29, 0.717) is 5.56 Å². The summed E-state index contributed by atoms with van der Waals surface area (Å²) in [5.74, 6) is -0.258. The van der Waals surface area contributed by atoms with Crippen molar-refractivity contribution in [2.45, 2.75) is 4.90 Å². The van der Waals surface area contributed by atoms with Crippen LogP contribution in [0.2, 0.25) is 5.15 Å². The van der Waals surface area contributed by atoms with Gasteiger partial charge in [0, 0.05) is 44.5 Å². The third-order valence-corrected chi connectivity index (χ3v) is 6.28. The summed E-state index contributed by atoms with van der Waals surface area (Å²) in [5, 5.41) is 11.1. The zero-order valence-electron chi connectivity index (χ0n) is 14.0. The fourth-order valence-electron chi connectivity index (χ4n) is 2.72. The van der Waals surface area contributed by atoms with Crippen LogP contribution in [-0.4, -0.2) is 59.6 Å². The van der Waals surface area contributed by atoms with Gasteiger partial charge in [0.2, 0.25) is 10.0 Å². The Hall–Kier alpha value is -2.56. The molecule has 1 aromatic heterocycles. The smallest absolute Gasteiger partial charge is 0.270 e. The number of carbonyl (C=O) groups excluding carboxylic acids is 1. The molecule has 142 valence electrons. The van der Waals surface area contributed by atoms with Crippen molar-refractivity contribution in [2.24, 2.45) is 0 Å². The molecule has 1 fully saturated rings. The zero-order valence-corrected chi connectivity index (χ0v) is 15.6. The van der Waals surface area contributed by atoms with Gasteiger partial charge in [-0.3, -0.25) is 14.9 Å². The Labute approximate surface area is 160 Å². The SMILES string of the molecule is O=C(c1ccc(Cl)nc1)N1CCN(S(=O)(=O)c2cccc([N+](=O)[O-])c2)CC1. The normalized spacial score (nSPS) is 15.5. The van der Waals surface area contributed by atoms with Crippen molar-refractivity contribution < 1.29 is 18.1 Å². The Balaban J connectivity index is 1.71. The minimum atomic E-state index is -3.88. The van der Waals surface area contributed by atoms with Crippen LogP contribution >= 0.6 is 11.6 Å². The maximum absolute atomic E-state index is 12.7. The summed E-state index contributed by atoms with van der Waals surface area (Å²) in [4.78, 5) is 27.9. The van der Waals surface area contributed by atoms with Crippen LogP contribution in [0.25, 0.3) is 0 Å². The van der Waals surface area contributed by atoms with E-state index in [1.807, 2.05) is 0 Å². The van der Waals surface area contributed by atoms with Crippen molar-refractivity contribution >= 4 is 33.2 Å². The Bertz CT molecular complexity index is 973. The first kappa shape index (κ1) is 19.2. The molecular weight excluding hydrogens is 396 g/mol. The minimum Gasteiger partial charge on any atom is -0.336 e. The number of nitrogens with zero attached hydrogens (tertiary/aromatic N) is 4. The molecule has 0 unspecified atom stereocenters. The van der Waals surface area contributed by atoms with Gasteiger partial charge >= 0.3 is 0 Å². The van der Waals surface area contributed by atoms with E-state index in [4.69, 9.17) is 11.6 Å². The predicted molar refractivity (Wildman–Crippen MR) is 97.0 cm³/mol. The van der Waals surface area contributed by atoms with Crippen molar-refractivity contribution in [1.82, 2.24) is 14.2 Å². The Morgan fingerprint density at radius 2 is 1.85 bits per heavy atom. The summed E-state index contributed by atoms with van der Waals surface area (Å²) >= 11 is 5.71. The van der Waals surface area contributed by atoms with Crippen molar-refractivity contribution in [3.63, 3.8) is 0 Å². The number of carbonyl (C=O) groups is 1. The molecule has 1 saturated heterocycles. The summed E-state index contributed by atoms with van der Waals surface area (Å²) in [7, 11) is -3.88. The molecule has 9 nitrogen and oxygen atoms in total. The monoisotopic (exact) mass is 410 g/mol. The topological polar surface area (TPSA) is 114 Å². The predicted octanol–water partition coefficient (Wildman–Crippen LogP) is 1.79. The fraction of sp³-hybridized carbons (Fsp3) is 0.250. The lowest BCUT2D eigenvalue weighted by Gasteiger charge is -2.34. The lowest BCUT2D eigenvalue weighted by molar-refractivity contribution is -0.385. The summed E-state index contributed by atoms with van der Waals surface area (Å²) in [6.45, 7) is 0.598. The molecule has 1 aromatic carbocycles. The highest BCUT2D eigenvalue weighted by molar-refractivity contribution is 7.89. The summed E-state index contributed by atoms with van der Waals surface area (Å²) < 4.78 is 26.7. The second-order valence-corrected chi connectivity index (χ2v) is 8.15. The van der Waals surface area contributed by atoms with Gasteiger partial charge in [0.15, 0.2) is 0 Å². The van der Waals surface area contributed by atoms with Crippen LogP contribution in [0, 0.1) is 10.1 Å². The second kappa shape index (κ2) is 7.59. The van der Waals surface area contributed by atoms with Crippen molar-refractivity contribution in [2.75, 3.05) is 26.2 Å². The minimum absolute atomic E-state index is 0.0950. The quantitative estimate of drug-likeness (QED) is 0.431. The summed E-state index contributed by atoms with van der Waals surface area (Å²) in [5.41, 5.74) is 0.0783. The number of amides is 1. The number of piperazine rings is 1. The zero-order chi connectivity index (χ0) is 19.6. The first-order valence-electron chi connectivity index (χ1n) is 7.94. The van der Waals surface area contributed by atoms with Gasteiger partial charge in [-0.15, -0.1) is 0 Å². The van der Waals surface area contributed by atoms with E-state index in [1.54, 1.807) is 6.07 Å². The fourth-order valence-corrected chi connectivity index (χ4v) is 4.30. The molecule has 0 saturated carbocycles. The van der Waals surface area contributed by atoms with Gasteiger partial charge < -0.3 is 4.90 Å². The highest BCUT2D eigenvalue weighted by Crippen LogP contribution is 2.22. The number of hydrogen-bond acceptors (Lipinski definition) is 6. The number of rotatable bonds is 4. The van der Waals surface area contributed by atoms with Crippen molar-refractivity contribution in [3.8, 4) is 0 Å². The molecule has 1 aliphatic heterocycles. The van der Waals surface area contributed by atoms with E-state index in [1.165, 1.54) is 39.7 Å². The number of hydrogen-bond donors (Lipinski definition) is 0. The molecule has 11 heteroatoms. The maximum atomic E-state index is 12.7. The van der Waals surface area contributed by atoms with Gasteiger partial charge in [-0.2, -0.15) is 4.31 Å². The standard InChI is InChI=1S/C16H15ClN4O5S/c17-15-5-4-12(11-18-15)16(22)19-6-8-20(9-7-19)27(25,26)14-3-1-2-13(10-14)21(23)24/h1-5,10-11H,6-9H2. The third kappa shape index (κ3) is 4.07. The highest BCUT2D eigenvalue weighted by Gasteiger charge is 2.31. The number of halogens is 1. The number of benzene rings is 1. The number of sulfonamides is 1. The summed E-state index contributed by atoms with van der Waals surface area (Å²) in [6.07, 6.45) is 1.37. The van der Waals surface area contributed by atoms with Gasteiger partial charge in [0.05, 0.1) is 15.4 Å². The molecule has 0 bridgehead atoms. The maximum Gasteiger partial charge on any atom is 0.270 e. The molecular formula is C16H15ClN4O5S. The number of nitro groups is 1. The molecule has 27 heavy (non-hydrogen) atoms. The van der Waals surface area contributed by atoms with E-state index in [-0.39, 0.29) is 47.8 Å². The van der Waals surface area contributed by atoms with E-state index in [2.05, 4.69) is 4.98 Å². The van der Waals surface area contributed by atoms with Gasteiger partial charge in [0.1, 0.15) is 5.15 Å². The first-order chi connectivity index (χ1) is 12.8. The lowest BCUT2D eigenvalue weighted by Crippen LogP contribution is -2.50. The average molecular weight is 411 g/mol. The number of non-ortho nitro benzene ring substituents is 1. The molecule has 2 heterocycles. The summed E-state index contributed by atoms with van der Waals surface area (Å²) in [6, 6.07) is 7.99. The molecule has 0 spiro atoms. The average Bonchev–Trinajstić information content (AvgIpc) is 2.68. The van der Waals surface area contributed by atoms with Crippen LogP contribution in [-0.2, 0) is 10.0 Å². The van der Waals surface area contributed by atoms with Crippen LogP contribution in [0.4, 0.5) is 5.69 Å². The van der Waals surface area contributed by atoms with Crippen LogP contribution in [0.1, 0.15) is 10.4 Å². The first-order valence-corrected chi connectivity index (χ1v) is 9.76. The van der Waals surface area contributed by atoms with Crippen LogP contribution in [0.3, 0.4) is 0 Å². The molecule has 1 aliphatic rings. The lowest BCUT2D eigenvalue weighted by atomic mass is 10.2. The molecule has 1 amide bonds. The number of nitro benzene ring substituents is 1. The third-order valence-electron chi connectivity index (χ3n) is 4.17. The van der Waals surface area contributed by atoms with Gasteiger partial charge in [-0.25, -0.2) is 13.4 Å². The molecule has 0 atom stereocenters. The largest absolute Gasteiger partial charge is 0.336 e. The molecule has 0 radical (unpaired) electrons. The molecule has 0 aliphatic carbocycles. The highest BCUT2D eigenvalue weighted by atomic mass is 35.5. The van der Waals surface area contributed by atoms with Gasteiger partial charge in [-0.05, 0) is 18.2 Å². The van der Waals surface area contributed by atoms with E-state index >= 15 is 0 Å². The van der Waals surface area contributed by atoms with Crippen LogP contribution in [0.15, 0.2) is 47.5 Å². The van der Waals surface area contributed by atoms with Gasteiger partial charge in [0.25, 0.3) is 11.6 Å². The van der Waals surface area contributed by atoms with Crippen LogP contribution < -0.4 is 0 Å². The second-order valence-electron chi connectivity index (χ2n) is 5.82. The van der Waals surface area contributed by atoms with Crippen molar-refractivity contribution in [1.29, 1.82) is 0 Å². The van der Waals surface area contributed by atoms with Crippen molar-refractivity contribution in [3.05, 3.63) is 63.4 Å². The molecule has 2 aromatic rings. The number of aromatic nitrogens is 1. The molecule has 3 rings (SSSR count). The Morgan fingerprint density at radius 3 is 2.44 bits per heavy atom. The van der Waals surface area contributed by atoms with Crippen LogP contribution in [0.5, 0.6) is 0 Å². The Morgan fingerprint density at radius 1 is 1.15 bits per heavy atom. The van der Waals surface area contributed by atoms with Gasteiger partial charge in [-0.1, -0.05) is 17.7 Å². The Kier molecular flexibility index (Phi) is 5.40.